The van der Waals surface area contributed by atoms with Crippen LogP contribution in [-0.4, -0.2) is 11.7 Å². The Bertz CT molecular complexity index is 1120. The van der Waals surface area contributed by atoms with Crippen LogP contribution in [0.4, 0.5) is 0 Å². The molecule has 0 aliphatic heterocycles. The van der Waals surface area contributed by atoms with Crippen molar-refractivity contribution in [2.24, 2.45) is 0 Å². The maximum atomic E-state index is 9.66. The lowest BCUT2D eigenvalue weighted by molar-refractivity contribution is 0.412. The van der Waals surface area contributed by atoms with Crippen LogP contribution in [-0.2, 0) is 0 Å². The topological polar surface area (TPSA) is 38.0 Å². The quantitative estimate of drug-likeness (QED) is 0.412. The lowest BCUT2D eigenvalue weighted by Gasteiger charge is -2.14. The van der Waals surface area contributed by atoms with Crippen LogP contribution in [0.2, 0.25) is 15.1 Å². The van der Waals surface area contributed by atoms with Crippen LogP contribution in [0.25, 0.3) is 17.3 Å². The Kier molecular flexibility index (Phi) is 6.05. The molecule has 0 saturated carbocycles. The van der Waals surface area contributed by atoms with E-state index >= 15 is 0 Å². The van der Waals surface area contributed by atoms with Crippen molar-refractivity contribution in [3.8, 4) is 17.5 Å². The highest BCUT2D eigenvalue weighted by molar-refractivity contribution is 6.42. The van der Waals surface area contributed by atoms with Gasteiger partial charge in [0.15, 0.2) is 0 Å². The SMILES string of the molecule is COc1ccc(Cl)cc1-n1c(C)cc(/C=C(/C#N)c2ccc(Cl)c(Cl)c2)c1C. The molecule has 1 heterocycles. The summed E-state index contributed by atoms with van der Waals surface area (Å²) in [6.07, 6.45) is 1.84. The van der Waals surface area contributed by atoms with Gasteiger partial charge >= 0.3 is 0 Å². The van der Waals surface area contributed by atoms with Gasteiger partial charge in [-0.3, -0.25) is 0 Å². The van der Waals surface area contributed by atoms with E-state index in [9.17, 15) is 5.26 Å². The number of benzene rings is 2. The Hall–Kier alpha value is -2.38. The standard InChI is InChI=1S/C22H17Cl3N2O/c1-13-8-16(9-17(12-26)15-4-6-19(24)20(25)10-15)14(2)27(13)21-11-18(23)5-7-22(21)28-3/h4-11H,1-3H3/b17-9-. The molecule has 0 unspecified atom stereocenters. The van der Waals surface area contributed by atoms with Crippen molar-refractivity contribution in [2.45, 2.75) is 13.8 Å². The molecule has 0 amide bonds. The van der Waals surface area contributed by atoms with Gasteiger partial charge in [0.25, 0.3) is 0 Å². The fourth-order valence-corrected chi connectivity index (χ4v) is 3.61. The van der Waals surface area contributed by atoms with Gasteiger partial charge in [-0.25, -0.2) is 0 Å². The van der Waals surface area contributed by atoms with Crippen molar-refractivity contribution in [3.63, 3.8) is 0 Å². The fraction of sp³-hybridized carbons (Fsp3) is 0.136. The number of nitrogens with zero attached hydrogens (tertiary/aromatic N) is 2. The summed E-state index contributed by atoms with van der Waals surface area (Å²) >= 11 is 18.3. The number of hydrogen-bond donors (Lipinski definition) is 0. The van der Waals surface area contributed by atoms with Crippen LogP contribution < -0.4 is 4.74 Å². The highest BCUT2D eigenvalue weighted by atomic mass is 35.5. The van der Waals surface area contributed by atoms with E-state index in [0.29, 0.717) is 32.0 Å². The molecule has 3 nitrogen and oxygen atoms in total. The minimum absolute atomic E-state index is 0.412. The van der Waals surface area contributed by atoms with Crippen LogP contribution >= 0.6 is 34.8 Å². The van der Waals surface area contributed by atoms with Gasteiger partial charge in [-0.1, -0.05) is 40.9 Å². The monoisotopic (exact) mass is 430 g/mol. The number of rotatable bonds is 4. The molecule has 0 fully saturated rings. The minimum atomic E-state index is 0.412. The molecule has 0 spiro atoms. The van der Waals surface area contributed by atoms with Crippen LogP contribution in [0.15, 0.2) is 42.5 Å². The van der Waals surface area contributed by atoms with E-state index in [1.807, 2.05) is 38.1 Å². The minimum Gasteiger partial charge on any atom is -0.495 e. The molecule has 0 aliphatic rings. The summed E-state index contributed by atoms with van der Waals surface area (Å²) in [5.74, 6) is 0.715. The first-order valence-corrected chi connectivity index (χ1v) is 9.59. The smallest absolute Gasteiger partial charge is 0.142 e. The Labute approximate surface area is 179 Å². The van der Waals surface area contributed by atoms with Gasteiger partial charge in [0, 0.05) is 16.4 Å². The van der Waals surface area contributed by atoms with Crippen LogP contribution in [0.5, 0.6) is 5.75 Å². The number of aromatic nitrogens is 1. The summed E-state index contributed by atoms with van der Waals surface area (Å²) in [4.78, 5) is 0. The molecule has 3 rings (SSSR count). The van der Waals surface area contributed by atoms with Crippen molar-refractivity contribution < 1.29 is 4.74 Å². The van der Waals surface area contributed by atoms with Crippen LogP contribution in [0.1, 0.15) is 22.5 Å². The molecule has 0 N–H and O–H groups in total. The fourth-order valence-electron chi connectivity index (χ4n) is 3.14. The van der Waals surface area contributed by atoms with Crippen molar-refractivity contribution >= 4 is 46.5 Å². The maximum Gasteiger partial charge on any atom is 0.142 e. The van der Waals surface area contributed by atoms with Gasteiger partial charge in [-0.2, -0.15) is 5.26 Å². The lowest BCUT2D eigenvalue weighted by atomic mass is 10.0. The van der Waals surface area contributed by atoms with Crippen molar-refractivity contribution in [1.82, 2.24) is 4.57 Å². The largest absolute Gasteiger partial charge is 0.495 e. The van der Waals surface area contributed by atoms with Gasteiger partial charge in [0.2, 0.25) is 0 Å². The first kappa shape index (κ1) is 20.4. The molecular formula is C22H17Cl3N2O. The third kappa shape index (κ3) is 3.91. The van der Waals surface area contributed by atoms with E-state index in [0.717, 1.165) is 22.6 Å². The highest BCUT2D eigenvalue weighted by Crippen LogP contribution is 2.32. The zero-order valence-electron chi connectivity index (χ0n) is 15.6. The zero-order chi connectivity index (χ0) is 20.4. The molecule has 0 saturated heterocycles. The van der Waals surface area contributed by atoms with Crippen molar-refractivity contribution in [2.75, 3.05) is 7.11 Å². The number of ether oxygens (including phenoxy) is 1. The summed E-state index contributed by atoms with van der Waals surface area (Å²) in [5, 5.41) is 11.1. The number of nitriles is 1. The second-order valence-corrected chi connectivity index (χ2v) is 7.53. The van der Waals surface area contributed by atoms with Crippen molar-refractivity contribution in [3.05, 3.63) is 80.0 Å². The molecule has 1 aromatic heterocycles. The number of aryl methyl sites for hydroxylation is 1. The summed E-state index contributed by atoms with van der Waals surface area (Å²) in [6, 6.07) is 14.9. The average molecular weight is 432 g/mol. The number of methoxy groups -OCH3 is 1. The highest BCUT2D eigenvalue weighted by Gasteiger charge is 2.15. The average Bonchev–Trinajstić information content (AvgIpc) is 2.95. The Balaban J connectivity index is 2.14. The molecule has 6 heteroatoms. The van der Waals surface area contributed by atoms with Crippen LogP contribution in [0.3, 0.4) is 0 Å². The molecule has 0 atom stereocenters. The van der Waals surface area contributed by atoms with Gasteiger partial charge in [0.1, 0.15) is 5.75 Å². The second kappa shape index (κ2) is 8.32. The van der Waals surface area contributed by atoms with Gasteiger partial charge in [-0.15, -0.1) is 0 Å². The molecule has 3 aromatic rings. The summed E-state index contributed by atoms with van der Waals surface area (Å²) in [6.45, 7) is 3.99. The third-order valence-corrected chi connectivity index (χ3v) is 5.48. The number of halogens is 3. The molecule has 0 radical (unpaired) electrons. The first-order chi connectivity index (χ1) is 13.3. The van der Waals surface area contributed by atoms with Crippen molar-refractivity contribution in [1.29, 1.82) is 5.26 Å². The third-order valence-electron chi connectivity index (χ3n) is 4.50. The first-order valence-electron chi connectivity index (χ1n) is 8.45. The van der Waals surface area contributed by atoms with E-state index in [1.54, 1.807) is 31.4 Å². The number of allylic oxidation sites excluding steroid dienone is 1. The van der Waals surface area contributed by atoms with E-state index in [1.165, 1.54) is 0 Å². The molecule has 28 heavy (non-hydrogen) atoms. The summed E-state index contributed by atoms with van der Waals surface area (Å²) in [7, 11) is 1.62. The normalized spacial score (nSPS) is 11.4. The van der Waals surface area contributed by atoms with E-state index in [4.69, 9.17) is 39.5 Å². The Morgan fingerprint density at radius 3 is 2.43 bits per heavy atom. The van der Waals surface area contributed by atoms with E-state index in [2.05, 4.69) is 10.6 Å². The predicted molar refractivity (Wildman–Crippen MR) is 117 cm³/mol. The summed E-state index contributed by atoms with van der Waals surface area (Å²) in [5.41, 5.74) is 4.93. The summed E-state index contributed by atoms with van der Waals surface area (Å²) < 4.78 is 7.55. The van der Waals surface area contributed by atoms with Crippen LogP contribution in [0, 0.1) is 25.2 Å². The van der Waals surface area contributed by atoms with Gasteiger partial charge in [-0.05, 0) is 67.4 Å². The van der Waals surface area contributed by atoms with Gasteiger partial charge in [0.05, 0.1) is 34.5 Å². The number of hydrogen-bond acceptors (Lipinski definition) is 2. The Morgan fingerprint density at radius 1 is 1.04 bits per heavy atom. The van der Waals surface area contributed by atoms with E-state index < -0.39 is 0 Å². The molecule has 0 bridgehead atoms. The molecular weight excluding hydrogens is 415 g/mol. The van der Waals surface area contributed by atoms with Gasteiger partial charge < -0.3 is 9.30 Å². The Morgan fingerprint density at radius 2 is 1.79 bits per heavy atom. The zero-order valence-corrected chi connectivity index (χ0v) is 17.8. The van der Waals surface area contributed by atoms with E-state index in [-0.39, 0.29) is 0 Å². The lowest BCUT2D eigenvalue weighted by Crippen LogP contribution is -2.02. The maximum absolute atomic E-state index is 9.66. The molecule has 0 aliphatic carbocycles. The molecule has 142 valence electrons. The predicted octanol–water partition coefficient (Wildman–Crippen LogP) is 7.13. The second-order valence-electron chi connectivity index (χ2n) is 6.28. The molecule has 2 aromatic carbocycles.